The first-order valence-corrected chi connectivity index (χ1v) is 7.20. The van der Waals surface area contributed by atoms with Crippen molar-refractivity contribution in [3.8, 4) is 0 Å². The number of hydrogen-bond acceptors (Lipinski definition) is 2. The van der Waals surface area contributed by atoms with Crippen molar-refractivity contribution in [2.45, 2.75) is 46.6 Å². The van der Waals surface area contributed by atoms with Gasteiger partial charge in [0.2, 0.25) is 0 Å². The third-order valence-electron chi connectivity index (χ3n) is 3.36. The third kappa shape index (κ3) is 4.69. The summed E-state index contributed by atoms with van der Waals surface area (Å²) >= 11 is 0. The van der Waals surface area contributed by atoms with E-state index in [0.717, 1.165) is 19.6 Å². The molecule has 2 nitrogen and oxygen atoms in total. The Balaban J connectivity index is 2.60. The summed E-state index contributed by atoms with van der Waals surface area (Å²) in [5.74, 6) is 0. The minimum atomic E-state index is 0.985. The second kappa shape index (κ2) is 8.15. The molecule has 0 atom stereocenters. The van der Waals surface area contributed by atoms with Gasteiger partial charge < -0.3 is 10.2 Å². The van der Waals surface area contributed by atoms with E-state index in [1.165, 1.54) is 36.1 Å². The number of aryl methyl sites for hydroxylation is 1. The number of hydrogen-bond donors (Lipinski definition) is 1. The molecule has 0 fully saturated rings. The second-order valence-corrected chi connectivity index (χ2v) is 5.06. The zero-order valence-corrected chi connectivity index (χ0v) is 12.4. The lowest BCUT2D eigenvalue weighted by molar-refractivity contribution is 0.673. The van der Waals surface area contributed by atoms with Crippen molar-refractivity contribution in [1.29, 1.82) is 0 Å². The Morgan fingerprint density at radius 2 is 1.94 bits per heavy atom. The van der Waals surface area contributed by atoms with Gasteiger partial charge in [-0.3, -0.25) is 0 Å². The maximum Gasteiger partial charge on any atom is 0.0366 e. The number of anilines is 1. The lowest BCUT2D eigenvalue weighted by Gasteiger charge is -2.20. The number of nitrogens with zero attached hydrogens (tertiary/aromatic N) is 1. The zero-order valence-electron chi connectivity index (χ0n) is 12.4. The molecular formula is C16H28N2. The molecule has 0 unspecified atom stereocenters. The quantitative estimate of drug-likeness (QED) is 0.705. The molecule has 0 aliphatic rings. The molecule has 0 saturated heterocycles. The van der Waals surface area contributed by atoms with Gasteiger partial charge >= 0.3 is 0 Å². The van der Waals surface area contributed by atoms with Crippen LogP contribution < -0.4 is 10.2 Å². The molecule has 0 heterocycles. The Kier molecular flexibility index (Phi) is 6.81. The molecule has 1 N–H and O–H groups in total. The summed E-state index contributed by atoms with van der Waals surface area (Å²) < 4.78 is 0. The van der Waals surface area contributed by atoms with Crippen molar-refractivity contribution in [1.82, 2.24) is 5.32 Å². The van der Waals surface area contributed by atoms with Crippen LogP contribution in [0.4, 0.5) is 5.69 Å². The average molecular weight is 248 g/mol. The van der Waals surface area contributed by atoms with Crippen molar-refractivity contribution < 1.29 is 0 Å². The van der Waals surface area contributed by atoms with Gasteiger partial charge in [0, 0.05) is 25.8 Å². The first kappa shape index (κ1) is 15.0. The summed E-state index contributed by atoms with van der Waals surface area (Å²) in [6.07, 6.45) is 3.70. The van der Waals surface area contributed by atoms with Gasteiger partial charge in [-0.05, 0) is 49.6 Å². The van der Waals surface area contributed by atoms with Crippen molar-refractivity contribution in [2.75, 3.05) is 25.0 Å². The van der Waals surface area contributed by atoms with Crippen LogP contribution >= 0.6 is 0 Å². The van der Waals surface area contributed by atoms with Crippen molar-refractivity contribution in [3.63, 3.8) is 0 Å². The van der Waals surface area contributed by atoms with Gasteiger partial charge in [0.15, 0.2) is 0 Å². The Bertz CT molecular complexity index is 347. The second-order valence-electron chi connectivity index (χ2n) is 5.06. The first-order valence-electron chi connectivity index (χ1n) is 7.20. The van der Waals surface area contributed by atoms with E-state index in [2.05, 4.69) is 56.2 Å². The molecule has 0 spiro atoms. The summed E-state index contributed by atoms with van der Waals surface area (Å²) in [5.41, 5.74) is 4.13. The van der Waals surface area contributed by atoms with E-state index in [0.29, 0.717) is 0 Å². The molecule has 0 aliphatic heterocycles. The van der Waals surface area contributed by atoms with E-state index in [1.807, 2.05) is 0 Å². The normalized spacial score (nSPS) is 10.7. The maximum absolute atomic E-state index is 3.46. The summed E-state index contributed by atoms with van der Waals surface area (Å²) in [7, 11) is 2.18. The fourth-order valence-corrected chi connectivity index (χ4v) is 2.04. The molecule has 0 aromatic heterocycles. The Morgan fingerprint density at radius 1 is 1.17 bits per heavy atom. The first-order chi connectivity index (χ1) is 8.69. The molecule has 0 amide bonds. The van der Waals surface area contributed by atoms with Gasteiger partial charge in [-0.25, -0.2) is 0 Å². The van der Waals surface area contributed by atoms with Crippen LogP contribution in [0.5, 0.6) is 0 Å². The van der Waals surface area contributed by atoms with E-state index in [-0.39, 0.29) is 0 Å². The van der Waals surface area contributed by atoms with Gasteiger partial charge in [0.25, 0.3) is 0 Å². The molecule has 1 aromatic carbocycles. The van der Waals surface area contributed by atoms with Crippen molar-refractivity contribution >= 4 is 5.69 Å². The highest BCUT2D eigenvalue weighted by Crippen LogP contribution is 2.18. The molecule has 0 radical (unpaired) electrons. The fourth-order valence-electron chi connectivity index (χ4n) is 2.04. The number of rotatable bonds is 8. The van der Waals surface area contributed by atoms with E-state index < -0.39 is 0 Å². The Labute approximate surface area is 112 Å². The minimum absolute atomic E-state index is 0.985. The van der Waals surface area contributed by atoms with Gasteiger partial charge in [-0.1, -0.05) is 26.3 Å². The highest BCUT2D eigenvalue weighted by atomic mass is 15.1. The Morgan fingerprint density at radius 3 is 2.56 bits per heavy atom. The predicted molar refractivity (Wildman–Crippen MR) is 81.4 cm³/mol. The molecule has 2 heteroatoms. The van der Waals surface area contributed by atoms with Gasteiger partial charge in [-0.15, -0.1) is 0 Å². The Hall–Kier alpha value is -1.02. The van der Waals surface area contributed by atoms with Crippen LogP contribution in [-0.2, 0) is 6.54 Å². The number of nitrogens with one attached hydrogen (secondary N) is 1. The standard InChI is InChI=1S/C16H28N2/c1-5-7-11-18(4)16-9-8-15(14(3)12-16)13-17-10-6-2/h8-9,12,17H,5-7,10-11,13H2,1-4H3. The van der Waals surface area contributed by atoms with Crippen LogP contribution in [0.2, 0.25) is 0 Å². The van der Waals surface area contributed by atoms with E-state index in [4.69, 9.17) is 0 Å². The monoisotopic (exact) mass is 248 g/mol. The number of benzene rings is 1. The van der Waals surface area contributed by atoms with Crippen LogP contribution in [-0.4, -0.2) is 20.1 Å². The molecular weight excluding hydrogens is 220 g/mol. The molecule has 1 aromatic rings. The summed E-state index contributed by atoms with van der Waals surface area (Å²) in [5, 5.41) is 3.46. The zero-order chi connectivity index (χ0) is 13.4. The van der Waals surface area contributed by atoms with Crippen molar-refractivity contribution in [2.24, 2.45) is 0 Å². The largest absolute Gasteiger partial charge is 0.375 e. The lowest BCUT2D eigenvalue weighted by Crippen LogP contribution is -2.19. The highest BCUT2D eigenvalue weighted by molar-refractivity contribution is 5.50. The van der Waals surface area contributed by atoms with E-state index in [9.17, 15) is 0 Å². The summed E-state index contributed by atoms with van der Waals surface area (Å²) in [4.78, 5) is 2.35. The van der Waals surface area contributed by atoms with E-state index in [1.54, 1.807) is 0 Å². The number of unbranched alkanes of at least 4 members (excludes halogenated alkanes) is 1. The van der Waals surface area contributed by atoms with E-state index >= 15 is 0 Å². The molecule has 1 rings (SSSR count). The van der Waals surface area contributed by atoms with Crippen LogP contribution in [0.1, 0.15) is 44.2 Å². The molecule has 18 heavy (non-hydrogen) atoms. The molecule has 102 valence electrons. The maximum atomic E-state index is 3.46. The van der Waals surface area contributed by atoms with Crippen LogP contribution in [0.3, 0.4) is 0 Å². The minimum Gasteiger partial charge on any atom is -0.375 e. The lowest BCUT2D eigenvalue weighted by atomic mass is 10.1. The van der Waals surface area contributed by atoms with Crippen LogP contribution in [0.25, 0.3) is 0 Å². The topological polar surface area (TPSA) is 15.3 Å². The fraction of sp³-hybridized carbons (Fsp3) is 0.625. The van der Waals surface area contributed by atoms with Gasteiger partial charge in [-0.2, -0.15) is 0 Å². The molecule has 0 aliphatic carbocycles. The third-order valence-corrected chi connectivity index (χ3v) is 3.36. The predicted octanol–water partition coefficient (Wildman–Crippen LogP) is 3.73. The van der Waals surface area contributed by atoms with Crippen molar-refractivity contribution in [3.05, 3.63) is 29.3 Å². The summed E-state index contributed by atoms with van der Waals surface area (Å²) in [6, 6.07) is 6.81. The average Bonchev–Trinajstić information content (AvgIpc) is 2.38. The highest BCUT2D eigenvalue weighted by Gasteiger charge is 2.03. The summed E-state index contributed by atoms with van der Waals surface area (Å²) in [6.45, 7) is 9.87. The smallest absolute Gasteiger partial charge is 0.0366 e. The van der Waals surface area contributed by atoms with Gasteiger partial charge in [0.05, 0.1) is 0 Å². The molecule has 0 bridgehead atoms. The van der Waals surface area contributed by atoms with Crippen LogP contribution in [0, 0.1) is 6.92 Å². The SMILES string of the molecule is CCCCN(C)c1ccc(CNCCC)c(C)c1. The molecule has 0 saturated carbocycles. The van der Waals surface area contributed by atoms with Gasteiger partial charge in [0.1, 0.15) is 0 Å². The van der Waals surface area contributed by atoms with Crippen LogP contribution in [0.15, 0.2) is 18.2 Å².